The largest absolute Gasteiger partial charge is 0.341 e. The number of benzene rings is 2. The number of aromatic nitrogens is 1. The van der Waals surface area contributed by atoms with Crippen molar-refractivity contribution in [2.75, 3.05) is 24.2 Å². The zero-order valence-corrected chi connectivity index (χ0v) is 18.9. The average molecular weight is 456 g/mol. The fraction of sp³-hybridized carbons (Fsp3) is 0.333. The molecule has 2 amide bonds. The van der Waals surface area contributed by atoms with Gasteiger partial charge in [-0.05, 0) is 43.2 Å². The van der Waals surface area contributed by atoms with Gasteiger partial charge in [-0.2, -0.15) is 0 Å². The molecule has 5 nitrogen and oxygen atoms in total. The molecule has 0 unspecified atom stereocenters. The molecule has 0 saturated carbocycles. The van der Waals surface area contributed by atoms with Crippen LogP contribution >= 0.6 is 23.4 Å². The van der Waals surface area contributed by atoms with Crippen molar-refractivity contribution in [1.29, 1.82) is 0 Å². The number of rotatable bonds is 6. The van der Waals surface area contributed by atoms with Crippen LogP contribution in [0.25, 0.3) is 10.9 Å². The molecule has 1 N–H and O–H groups in total. The average Bonchev–Trinajstić information content (AvgIpc) is 2.93. The van der Waals surface area contributed by atoms with Crippen LogP contribution in [-0.4, -0.2) is 40.1 Å². The van der Waals surface area contributed by atoms with Gasteiger partial charge in [-0.1, -0.05) is 42.6 Å². The fourth-order valence-corrected chi connectivity index (χ4v) is 4.91. The van der Waals surface area contributed by atoms with E-state index in [2.05, 4.69) is 5.32 Å². The molecule has 0 radical (unpaired) electrons. The van der Waals surface area contributed by atoms with Gasteiger partial charge in [0, 0.05) is 45.8 Å². The molecule has 1 saturated heterocycles. The lowest BCUT2D eigenvalue weighted by Crippen LogP contribution is -2.34. The third-order valence-electron chi connectivity index (χ3n) is 5.50. The van der Waals surface area contributed by atoms with Crippen LogP contribution in [0, 0.1) is 0 Å². The van der Waals surface area contributed by atoms with Crippen molar-refractivity contribution in [3.63, 3.8) is 0 Å². The van der Waals surface area contributed by atoms with E-state index in [1.165, 1.54) is 24.6 Å². The van der Waals surface area contributed by atoms with Crippen LogP contribution in [0.3, 0.4) is 0 Å². The number of para-hydroxylation sites is 1. The Morgan fingerprint density at radius 3 is 2.42 bits per heavy atom. The van der Waals surface area contributed by atoms with Crippen molar-refractivity contribution in [2.45, 2.75) is 37.1 Å². The normalized spacial score (nSPS) is 14.4. The lowest BCUT2D eigenvalue weighted by molar-refractivity contribution is -0.131. The van der Waals surface area contributed by atoms with Crippen molar-refractivity contribution in [3.05, 3.63) is 59.8 Å². The lowest BCUT2D eigenvalue weighted by Gasteiger charge is -2.20. The summed E-state index contributed by atoms with van der Waals surface area (Å²) >= 11 is 7.38. The number of likely N-dealkylation sites (tertiary alicyclic amines) is 1. The second-order valence-electron chi connectivity index (χ2n) is 7.78. The van der Waals surface area contributed by atoms with Crippen molar-refractivity contribution < 1.29 is 9.59 Å². The third-order valence-corrected chi connectivity index (χ3v) is 6.80. The first-order valence-corrected chi connectivity index (χ1v) is 12.0. The Kier molecular flexibility index (Phi) is 7.20. The second kappa shape index (κ2) is 10.2. The number of amides is 2. The number of carbonyl (C=O) groups is 2. The van der Waals surface area contributed by atoms with Crippen LogP contribution in [0.1, 0.15) is 25.7 Å². The number of nitrogens with one attached hydrogen (secondary N) is 1. The Hall–Kier alpha value is -2.44. The first-order valence-electron chi connectivity index (χ1n) is 10.6. The number of halogens is 1. The summed E-state index contributed by atoms with van der Waals surface area (Å²) in [5, 5.41) is 4.59. The first kappa shape index (κ1) is 21.8. The summed E-state index contributed by atoms with van der Waals surface area (Å²) in [7, 11) is 0. The van der Waals surface area contributed by atoms with E-state index in [0.29, 0.717) is 11.6 Å². The van der Waals surface area contributed by atoms with Crippen LogP contribution in [0.4, 0.5) is 5.69 Å². The molecule has 1 aliphatic rings. The molecule has 31 heavy (non-hydrogen) atoms. The third kappa shape index (κ3) is 5.63. The molecule has 1 aromatic heterocycles. The van der Waals surface area contributed by atoms with Gasteiger partial charge in [0.15, 0.2) is 0 Å². The molecule has 0 aliphatic carbocycles. The quantitative estimate of drug-likeness (QED) is 0.504. The topological polar surface area (TPSA) is 54.3 Å². The molecule has 162 valence electrons. The van der Waals surface area contributed by atoms with E-state index in [0.717, 1.165) is 47.4 Å². The Morgan fingerprint density at radius 1 is 0.968 bits per heavy atom. The summed E-state index contributed by atoms with van der Waals surface area (Å²) in [5.74, 6) is 0.376. The highest BCUT2D eigenvalue weighted by atomic mass is 35.5. The minimum Gasteiger partial charge on any atom is -0.341 e. The van der Waals surface area contributed by atoms with Gasteiger partial charge in [0.05, 0.1) is 5.75 Å². The van der Waals surface area contributed by atoms with Crippen LogP contribution in [0.5, 0.6) is 0 Å². The maximum atomic E-state index is 12.9. The number of thioether (sulfide) groups is 1. The predicted octanol–water partition coefficient (Wildman–Crippen LogP) is 5.43. The summed E-state index contributed by atoms with van der Waals surface area (Å²) < 4.78 is 2.02. The zero-order chi connectivity index (χ0) is 21.6. The van der Waals surface area contributed by atoms with Crippen molar-refractivity contribution in [1.82, 2.24) is 9.47 Å². The van der Waals surface area contributed by atoms with Gasteiger partial charge in [0.25, 0.3) is 0 Å². The molecular formula is C24H26ClN3O2S. The Balaban J connectivity index is 1.44. The van der Waals surface area contributed by atoms with E-state index in [1.54, 1.807) is 24.3 Å². The predicted molar refractivity (Wildman–Crippen MR) is 128 cm³/mol. The van der Waals surface area contributed by atoms with E-state index >= 15 is 0 Å². The standard InChI is InChI=1S/C24H26ClN3O2S/c25-18-9-11-19(12-10-18)26-23(29)17-31-22-15-28(21-8-4-3-7-20(21)22)16-24(30)27-13-5-1-2-6-14-27/h3-4,7-12,15H,1-2,5-6,13-14,16-17H2,(H,26,29). The molecule has 0 bridgehead atoms. The molecule has 2 aromatic carbocycles. The molecular weight excluding hydrogens is 430 g/mol. The summed E-state index contributed by atoms with van der Waals surface area (Å²) in [4.78, 5) is 28.3. The van der Waals surface area contributed by atoms with E-state index < -0.39 is 0 Å². The van der Waals surface area contributed by atoms with E-state index in [-0.39, 0.29) is 17.6 Å². The number of anilines is 1. The molecule has 7 heteroatoms. The number of nitrogens with zero attached hydrogens (tertiary/aromatic N) is 2. The number of fused-ring (bicyclic) bond motifs is 1. The Labute approximate surface area is 191 Å². The van der Waals surface area contributed by atoms with Crippen LogP contribution in [0.15, 0.2) is 59.6 Å². The summed E-state index contributed by atoms with van der Waals surface area (Å²) in [6.45, 7) is 2.03. The maximum Gasteiger partial charge on any atom is 0.242 e. The van der Waals surface area contributed by atoms with E-state index in [4.69, 9.17) is 11.6 Å². The van der Waals surface area contributed by atoms with Gasteiger partial charge >= 0.3 is 0 Å². The summed E-state index contributed by atoms with van der Waals surface area (Å²) in [6, 6.07) is 15.1. The van der Waals surface area contributed by atoms with Gasteiger partial charge in [0.1, 0.15) is 6.54 Å². The van der Waals surface area contributed by atoms with E-state index in [9.17, 15) is 9.59 Å². The number of hydrogen-bond acceptors (Lipinski definition) is 3. The van der Waals surface area contributed by atoms with Crippen molar-refractivity contribution in [2.24, 2.45) is 0 Å². The lowest BCUT2D eigenvalue weighted by atomic mass is 10.2. The van der Waals surface area contributed by atoms with E-state index in [1.807, 2.05) is 39.9 Å². The summed E-state index contributed by atoms with van der Waals surface area (Å²) in [5.41, 5.74) is 1.74. The van der Waals surface area contributed by atoms with Gasteiger partial charge in [-0.25, -0.2) is 0 Å². The molecule has 2 heterocycles. The molecule has 4 rings (SSSR count). The van der Waals surface area contributed by atoms with Crippen molar-refractivity contribution in [3.8, 4) is 0 Å². The second-order valence-corrected chi connectivity index (χ2v) is 9.23. The maximum absolute atomic E-state index is 12.9. The molecule has 0 spiro atoms. The molecule has 3 aromatic rings. The first-order chi connectivity index (χ1) is 15.1. The van der Waals surface area contributed by atoms with Gasteiger partial charge in [-0.15, -0.1) is 11.8 Å². The SMILES string of the molecule is O=C(CSc1cn(CC(=O)N2CCCCCC2)c2ccccc12)Nc1ccc(Cl)cc1. The monoisotopic (exact) mass is 455 g/mol. The number of carbonyl (C=O) groups excluding carboxylic acids is 2. The highest BCUT2D eigenvalue weighted by Gasteiger charge is 2.18. The van der Waals surface area contributed by atoms with Crippen molar-refractivity contribution >= 4 is 51.8 Å². The Morgan fingerprint density at radius 2 is 1.68 bits per heavy atom. The Bertz CT molecular complexity index is 1060. The minimum atomic E-state index is -0.0789. The van der Waals surface area contributed by atoms with Crippen LogP contribution in [-0.2, 0) is 16.1 Å². The molecule has 0 atom stereocenters. The van der Waals surface area contributed by atoms with Gasteiger partial charge in [0.2, 0.25) is 11.8 Å². The fourth-order valence-electron chi connectivity index (χ4n) is 3.90. The summed E-state index contributed by atoms with van der Waals surface area (Å²) in [6.07, 6.45) is 6.58. The highest BCUT2D eigenvalue weighted by Crippen LogP contribution is 2.30. The minimum absolute atomic E-state index is 0.0789. The van der Waals surface area contributed by atoms with Crippen LogP contribution < -0.4 is 5.32 Å². The number of hydrogen-bond donors (Lipinski definition) is 1. The molecule has 1 fully saturated rings. The highest BCUT2D eigenvalue weighted by molar-refractivity contribution is 8.00. The molecule has 1 aliphatic heterocycles. The van der Waals surface area contributed by atoms with Crippen LogP contribution in [0.2, 0.25) is 5.02 Å². The smallest absolute Gasteiger partial charge is 0.242 e. The van der Waals surface area contributed by atoms with Gasteiger partial charge < -0.3 is 14.8 Å². The van der Waals surface area contributed by atoms with Gasteiger partial charge in [-0.3, -0.25) is 9.59 Å². The zero-order valence-electron chi connectivity index (χ0n) is 17.4.